The lowest BCUT2D eigenvalue weighted by molar-refractivity contribution is -0.313. The molecule has 98 valence electrons. The van der Waals surface area contributed by atoms with Gasteiger partial charge in [0.05, 0.1) is 18.6 Å². The number of nitrogens with zero attached hydrogens (tertiary/aromatic N) is 1. The number of carboxylic acid groups (broad SMARTS) is 1. The van der Waals surface area contributed by atoms with Gasteiger partial charge in [0.2, 0.25) is 5.91 Å². The maximum Gasteiger partial charge on any atom is 0.230 e. The van der Waals surface area contributed by atoms with E-state index in [-0.39, 0.29) is 11.9 Å². The van der Waals surface area contributed by atoms with Crippen molar-refractivity contribution in [3.63, 3.8) is 0 Å². The monoisotopic (exact) mass is 250 g/mol. The molecule has 18 heavy (non-hydrogen) atoms. The summed E-state index contributed by atoms with van der Waals surface area (Å²) in [7, 11) is 0. The smallest absolute Gasteiger partial charge is 0.230 e. The van der Waals surface area contributed by atoms with Crippen molar-refractivity contribution in [1.82, 2.24) is 4.90 Å². The summed E-state index contributed by atoms with van der Waals surface area (Å²) in [6.45, 7) is 4.44. The summed E-state index contributed by atoms with van der Waals surface area (Å²) in [5, 5.41) is 11.2. The van der Waals surface area contributed by atoms with E-state index < -0.39 is 29.5 Å². The van der Waals surface area contributed by atoms with Crippen LogP contribution in [0.2, 0.25) is 0 Å². The minimum absolute atomic E-state index is 0.106. The second-order valence-corrected chi connectivity index (χ2v) is 5.44. The molecule has 0 aromatic rings. The molecule has 3 aliphatic heterocycles. The van der Waals surface area contributed by atoms with E-state index in [1.807, 2.05) is 19.9 Å². The standard InChI is InChI=1S/C13H17NO4/c1-3-7(2)14-6-13-5-4-8(18-13)9(12(16)17)10(13)11(14)15/h4-5,7-10H,3,6H2,1-2H3,(H,16,17)/p-1/t7-,8+,9+,10-,13-/m1/s1. The number of rotatable bonds is 3. The highest BCUT2D eigenvalue weighted by Crippen LogP contribution is 2.52. The fourth-order valence-electron chi connectivity index (χ4n) is 3.39. The lowest BCUT2D eigenvalue weighted by Gasteiger charge is -2.26. The highest BCUT2D eigenvalue weighted by atomic mass is 16.5. The van der Waals surface area contributed by atoms with Gasteiger partial charge in [0.25, 0.3) is 0 Å². The molecule has 0 aromatic carbocycles. The highest BCUT2D eigenvalue weighted by Gasteiger charge is 2.65. The molecule has 2 bridgehead atoms. The van der Waals surface area contributed by atoms with Crippen LogP contribution in [0.25, 0.3) is 0 Å². The Morgan fingerprint density at radius 2 is 2.44 bits per heavy atom. The molecule has 5 atom stereocenters. The first kappa shape index (κ1) is 11.7. The van der Waals surface area contributed by atoms with Crippen LogP contribution in [0.3, 0.4) is 0 Å². The number of amides is 1. The number of aliphatic carboxylic acids is 1. The number of hydrogen-bond acceptors (Lipinski definition) is 4. The molecular formula is C13H16NO4-. The molecule has 2 saturated heterocycles. The van der Waals surface area contributed by atoms with Crippen LogP contribution in [-0.4, -0.2) is 41.1 Å². The molecule has 0 saturated carbocycles. The number of hydrogen-bond donors (Lipinski definition) is 0. The maximum atomic E-state index is 12.4. The van der Waals surface area contributed by atoms with Gasteiger partial charge in [0.15, 0.2) is 0 Å². The first-order valence-electron chi connectivity index (χ1n) is 6.38. The molecule has 0 aliphatic carbocycles. The van der Waals surface area contributed by atoms with Crippen LogP contribution in [0.1, 0.15) is 20.3 Å². The molecule has 0 N–H and O–H groups in total. The SMILES string of the molecule is CC[C@@H](C)N1C[C@@]23C=C[C@H](O2)[C@H](C(=O)[O-])[C@@H]3C1=O. The normalized spacial score (nSPS) is 42.4. The van der Waals surface area contributed by atoms with Crippen molar-refractivity contribution in [2.45, 2.75) is 38.0 Å². The molecule has 0 unspecified atom stereocenters. The summed E-state index contributed by atoms with van der Waals surface area (Å²) in [6.07, 6.45) is 3.97. The zero-order chi connectivity index (χ0) is 13.1. The number of likely N-dealkylation sites (tertiary alicyclic amines) is 1. The van der Waals surface area contributed by atoms with Gasteiger partial charge in [-0.2, -0.15) is 0 Å². The van der Waals surface area contributed by atoms with Crippen molar-refractivity contribution in [1.29, 1.82) is 0 Å². The Morgan fingerprint density at radius 3 is 3.06 bits per heavy atom. The second kappa shape index (κ2) is 3.57. The third kappa shape index (κ3) is 1.25. The predicted octanol–water partition coefficient (Wildman–Crippen LogP) is -0.683. The molecule has 0 radical (unpaired) electrons. The predicted molar refractivity (Wildman–Crippen MR) is 60.2 cm³/mol. The van der Waals surface area contributed by atoms with E-state index in [1.54, 1.807) is 11.0 Å². The average Bonchev–Trinajstić information content (AvgIpc) is 2.96. The van der Waals surface area contributed by atoms with Crippen molar-refractivity contribution >= 4 is 11.9 Å². The van der Waals surface area contributed by atoms with Crippen molar-refractivity contribution in [3.05, 3.63) is 12.2 Å². The Kier molecular flexibility index (Phi) is 2.32. The van der Waals surface area contributed by atoms with E-state index in [4.69, 9.17) is 4.74 Å². The number of carbonyl (C=O) groups excluding carboxylic acids is 2. The third-order valence-corrected chi connectivity index (χ3v) is 4.52. The molecule has 1 amide bonds. The summed E-state index contributed by atoms with van der Waals surface area (Å²) >= 11 is 0. The molecule has 1 spiro atoms. The van der Waals surface area contributed by atoms with Crippen LogP contribution in [0.15, 0.2) is 12.2 Å². The largest absolute Gasteiger partial charge is 0.550 e. The quantitative estimate of drug-likeness (QED) is 0.622. The maximum absolute atomic E-state index is 12.4. The number of fused-ring (bicyclic) bond motifs is 1. The summed E-state index contributed by atoms with van der Waals surface area (Å²) < 4.78 is 5.76. The average molecular weight is 250 g/mol. The van der Waals surface area contributed by atoms with E-state index >= 15 is 0 Å². The zero-order valence-corrected chi connectivity index (χ0v) is 10.5. The molecule has 2 fully saturated rings. The summed E-state index contributed by atoms with van der Waals surface area (Å²) in [5.74, 6) is -2.73. The fourth-order valence-corrected chi connectivity index (χ4v) is 3.39. The van der Waals surface area contributed by atoms with E-state index in [1.165, 1.54) is 0 Å². The Labute approximate surface area is 105 Å². The zero-order valence-electron chi connectivity index (χ0n) is 10.5. The highest BCUT2D eigenvalue weighted by molar-refractivity contribution is 5.90. The van der Waals surface area contributed by atoms with Crippen LogP contribution in [0, 0.1) is 11.8 Å². The van der Waals surface area contributed by atoms with Crippen molar-refractivity contribution in [2.75, 3.05) is 6.54 Å². The summed E-state index contributed by atoms with van der Waals surface area (Å²) in [4.78, 5) is 25.4. The van der Waals surface area contributed by atoms with Crippen molar-refractivity contribution in [2.24, 2.45) is 11.8 Å². The number of carbonyl (C=O) groups is 2. The molecule has 3 heterocycles. The lowest BCUT2D eigenvalue weighted by atomic mass is 9.77. The molecule has 5 nitrogen and oxygen atoms in total. The Hall–Kier alpha value is -1.36. The Morgan fingerprint density at radius 1 is 1.72 bits per heavy atom. The fraction of sp³-hybridized carbons (Fsp3) is 0.692. The van der Waals surface area contributed by atoms with Gasteiger partial charge in [-0.25, -0.2) is 0 Å². The minimum Gasteiger partial charge on any atom is -0.550 e. The van der Waals surface area contributed by atoms with Gasteiger partial charge in [-0.3, -0.25) is 4.79 Å². The van der Waals surface area contributed by atoms with Crippen molar-refractivity contribution < 1.29 is 19.4 Å². The summed E-state index contributed by atoms with van der Waals surface area (Å²) in [5.41, 5.74) is -0.726. The molecule has 3 aliphatic rings. The third-order valence-electron chi connectivity index (χ3n) is 4.52. The van der Waals surface area contributed by atoms with Gasteiger partial charge in [-0.15, -0.1) is 0 Å². The molecule has 0 aromatic heterocycles. The van der Waals surface area contributed by atoms with E-state index in [0.717, 1.165) is 6.42 Å². The molecular weight excluding hydrogens is 234 g/mol. The van der Waals surface area contributed by atoms with E-state index in [2.05, 4.69) is 0 Å². The first-order valence-corrected chi connectivity index (χ1v) is 6.38. The van der Waals surface area contributed by atoms with Gasteiger partial charge in [-0.1, -0.05) is 19.1 Å². The van der Waals surface area contributed by atoms with Gasteiger partial charge in [-0.05, 0) is 13.3 Å². The number of ether oxygens (including phenoxy) is 1. The minimum atomic E-state index is -1.18. The Bertz CT molecular complexity index is 446. The lowest BCUT2D eigenvalue weighted by Crippen LogP contribution is -2.45. The summed E-state index contributed by atoms with van der Waals surface area (Å²) in [6, 6.07) is 0.107. The van der Waals surface area contributed by atoms with Gasteiger partial charge < -0.3 is 19.5 Å². The van der Waals surface area contributed by atoms with Gasteiger partial charge in [0, 0.05) is 17.9 Å². The van der Waals surface area contributed by atoms with Crippen LogP contribution in [0.4, 0.5) is 0 Å². The van der Waals surface area contributed by atoms with Gasteiger partial charge in [0.1, 0.15) is 5.60 Å². The first-order chi connectivity index (χ1) is 8.50. The Balaban J connectivity index is 1.97. The van der Waals surface area contributed by atoms with Crippen LogP contribution >= 0.6 is 0 Å². The molecule has 5 heteroatoms. The van der Waals surface area contributed by atoms with Gasteiger partial charge >= 0.3 is 0 Å². The van der Waals surface area contributed by atoms with Crippen LogP contribution in [-0.2, 0) is 14.3 Å². The topological polar surface area (TPSA) is 69.7 Å². The van der Waals surface area contributed by atoms with Crippen LogP contribution < -0.4 is 5.11 Å². The van der Waals surface area contributed by atoms with Crippen molar-refractivity contribution in [3.8, 4) is 0 Å². The second-order valence-electron chi connectivity index (χ2n) is 5.44. The number of carboxylic acids is 1. The van der Waals surface area contributed by atoms with E-state index in [9.17, 15) is 14.7 Å². The molecule has 3 rings (SSSR count). The van der Waals surface area contributed by atoms with E-state index in [0.29, 0.717) is 6.54 Å². The van der Waals surface area contributed by atoms with Crippen LogP contribution in [0.5, 0.6) is 0 Å².